The van der Waals surface area contributed by atoms with Crippen LogP contribution in [0.1, 0.15) is 0 Å². The maximum absolute atomic E-state index is 11.9. The van der Waals surface area contributed by atoms with Gasteiger partial charge in [-0.1, -0.05) is 11.6 Å². The first-order valence-corrected chi connectivity index (χ1v) is 5.63. The molecule has 0 radical (unpaired) electrons. The fourth-order valence-corrected chi connectivity index (χ4v) is 1.80. The fraction of sp³-hybridized carbons (Fsp3) is 0.500. The number of ether oxygens (including phenoxy) is 1. The fourth-order valence-electron chi connectivity index (χ4n) is 1.70. The van der Waals surface area contributed by atoms with E-state index >= 15 is 0 Å². The van der Waals surface area contributed by atoms with Crippen LogP contribution in [0.4, 0.5) is 5.82 Å². The zero-order valence-corrected chi connectivity index (χ0v) is 10.1. The van der Waals surface area contributed by atoms with Crippen LogP contribution >= 0.6 is 11.6 Å². The van der Waals surface area contributed by atoms with E-state index in [1.807, 2.05) is 7.05 Å². The second-order valence-corrected chi connectivity index (χ2v) is 4.16. The van der Waals surface area contributed by atoms with Crippen molar-refractivity contribution < 1.29 is 9.53 Å². The lowest BCUT2D eigenvalue weighted by Gasteiger charge is -2.15. The zero-order chi connectivity index (χ0) is 12.3. The van der Waals surface area contributed by atoms with Gasteiger partial charge in [0.2, 0.25) is 5.91 Å². The third kappa shape index (κ3) is 2.91. The van der Waals surface area contributed by atoms with Crippen LogP contribution in [0.15, 0.2) is 12.1 Å². The van der Waals surface area contributed by atoms with Crippen molar-refractivity contribution in [1.29, 1.82) is 0 Å². The number of anilines is 1. The average Bonchev–Trinajstić information content (AvgIpc) is 2.80. The van der Waals surface area contributed by atoms with Crippen LogP contribution < -0.4 is 10.6 Å². The largest absolute Gasteiger partial charge is 0.379 e. The van der Waals surface area contributed by atoms with Crippen LogP contribution in [0.3, 0.4) is 0 Å². The molecule has 2 rings (SSSR count). The number of hydrogen-bond donors (Lipinski definition) is 2. The molecule has 2 atom stereocenters. The number of likely N-dealkylation sites (N-methyl/N-ethyl adjacent to an activating group) is 1. The van der Waals surface area contributed by atoms with Crippen molar-refractivity contribution in [2.75, 3.05) is 25.6 Å². The number of carbonyl (C=O) groups is 1. The molecule has 2 heterocycles. The third-order valence-electron chi connectivity index (χ3n) is 2.67. The summed E-state index contributed by atoms with van der Waals surface area (Å²) in [6, 6.07) is 3.22. The molecule has 6 nitrogen and oxygen atoms in total. The van der Waals surface area contributed by atoms with Crippen LogP contribution in [0, 0.1) is 5.92 Å². The van der Waals surface area contributed by atoms with Crippen molar-refractivity contribution in [1.82, 2.24) is 15.5 Å². The molecular formula is C10H13ClN4O2. The molecule has 2 unspecified atom stereocenters. The normalized spacial score (nSPS) is 23.6. The molecular weight excluding hydrogens is 244 g/mol. The van der Waals surface area contributed by atoms with Crippen LogP contribution in [0.5, 0.6) is 0 Å². The maximum Gasteiger partial charge on any atom is 0.232 e. The van der Waals surface area contributed by atoms with Crippen molar-refractivity contribution >= 4 is 23.3 Å². The van der Waals surface area contributed by atoms with Gasteiger partial charge in [0.25, 0.3) is 0 Å². The van der Waals surface area contributed by atoms with E-state index in [-0.39, 0.29) is 17.9 Å². The highest BCUT2D eigenvalue weighted by Gasteiger charge is 2.33. The van der Waals surface area contributed by atoms with Gasteiger partial charge in [0, 0.05) is 6.04 Å². The van der Waals surface area contributed by atoms with Gasteiger partial charge in [-0.25, -0.2) is 0 Å². The molecule has 1 amide bonds. The Labute approximate surface area is 104 Å². The van der Waals surface area contributed by atoms with Crippen molar-refractivity contribution in [3.05, 3.63) is 17.3 Å². The molecule has 7 heteroatoms. The maximum atomic E-state index is 11.9. The molecule has 0 aromatic carbocycles. The second kappa shape index (κ2) is 5.39. The monoisotopic (exact) mass is 256 g/mol. The summed E-state index contributed by atoms with van der Waals surface area (Å²) in [6.07, 6.45) is 0. The van der Waals surface area contributed by atoms with Crippen molar-refractivity contribution in [2.45, 2.75) is 6.04 Å². The summed E-state index contributed by atoms with van der Waals surface area (Å²) < 4.78 is 5.26. The highest BCUT2D eigenvalue weighted by atomic mass is 35.5. The van der Waals surface area contributed by atoms with Gasteiger partial charge in [-0.05, 0) is 19.2 Å². The Kier molecular flexibility index (Phi) is 3.88. The first kappa shape index (κ1) is 12.2. The Morgan fingerprint density at radius 2 is 2.29 bits per heavy atom. The Morgan fingerprint density at radius 3 is 2.94 bits per heavy atom. The minimum absolute atomic E-state index is 0.0373. The van der Waals surface area contributed by atoms with E-state index in [1.165, 1.54) is 0 Å². The quantitative estimate of drug-likeness (QED) is 0.814. The summed E-state index contributed by atoms with van der Waals surface area (Å²) in [5.41, 5.74) is 0. The molecule has 1 aromatic heterocycles. The molecule has 92 valence electrons. The van der Waals surface area contributed by atoms with Crippen LogP contribution in [-0.2, 0) is 9.53 Å². The molecule has 1 saturated heterocycles. The molecule has 0 saturated carbocycles. The number of halogens is 1. The summed E-state index contributed by atoms with van der Waals surface area (Å²) >= 11 is 5.60. The molecule has 0 aliphatic carbocycles. The number of carbonyl (C=O) groups excluding carboxylic acids is 1. The standard InChI is InChI=1S/C10H13ClN4O2/c1-12-7-5-17-4-6(7)10(16)13-9-3-2-8(11)14-15-9/h2-3,6-7,12H,4-5H2,1H3,(H,13,15,16). The van der Waals surface area contributed by atoms with Gasteiger partial charge in [0.15, 0.2) is 11.0 Å². The van der Waals surface area contributed by atoms with E-state index in [9.17, 15) is 4.79 Å². The average molecular weight is 257 g/mol. The smallest absolute Gasteiger partial charge is 0.232 e. The van der Waals surface area contributed by atoms with Gasteiger partial charge in [-0.15, -0.1) is 10.2 Å². The number of aromatic nitrogens is 2. The Balaban J connectivity index is 1.99. The molecule has 17 heavy (non-hydrogen) atoms. The molecule has 1 aliphatic rings. The van der Waals surface area contributed by atoms with Gasteiger partial charge >= 0.3 is 0 Å². The van der Waals surface area contributed by atoms with E-state index < -0.39 is 0 Å². The Hall–Kier alpha value is -1.24. The minimum Gasteiger partial charge on any atom is -0.379 e. The Bertz CT molecular complexity index is 398. The van der Waals surface area contributed by atoms with E-state index in [1.54, 1.807) is 12.1 Å². The second-order valence-electron chi connectivity index (χ2n) is 3.77. The van der Waals surface area contributed by atoms with Gasteiger partial charge in [-0.3, -0.25) is 4.79 Å². The summed E-state index contributed by atoms with van der Waals surface area (Å²) in [6.45, 7) is 0.958. The first-order chi connectivity index (χ1) is 8.20. The lowest BCUT2D eigenvalue weighted by Crippen LogP contribution is -2.39. The highest BCUT2D eigenvalue weighted by molar-refractivity contribution is 6.29. The number of hydrogen-bond acceptors (Lipinski definition) is 5. The number of rotatable bonds is 3. The summed E-state index contributed by atoms with van der Waals surface area (Å²) in [5.74, 6) is 0.0529. The van der Waals surface area contributed by atoms with E-state index in [0.717, 1.165) is 0 Å². The predicted molar refractivity (Wildman–Crippen MR) is 62.8 cm³/mol. The third-order valence-corrected chi connectivity index (χ3v) is 2.87. The van der Waals surface area contributed by atoms with E-state index in [2.05, 4.69) is 20.8 Å². The number of nitrogens with one attached hydrogen (secondary N) is 2. The molecule has 1 aliphatic heterocycles. The van der Waals surface area contributed by atoms with Gasteiger partial charge in [0.05, 0.1) is 19.1 Å². The van der Waals surface area contributed by atoms with Crippen molar-refractivity contribution in [3.63, 3.8) is 0 Å². The zero-order valence-electron chi connectivity index (χ0n) is 9.31. The molecule has 0 spiro atoms. The summed E-state index contributed by atoms with van der Waals surface area (Å²) in [4.78, 5) is 11.9. The summed E-state index contributed by atoms with van der Waals surface area (Å²) in [7, 11) is 1.81. The van der Waals surface area contributed by atoms with Gasteiger partial charge in [-0.2, -0.15) is 0 Å². The topological polar surface area (TPSA) is 76.1 Å². The molecule has 0 bridgehead atoms. The SMILES string of the molecule is CNC1COCC1C(=O)Nc1ccc(Cl)nn1. The van der Waals surface area contributed by atoms with Gasteiger partial charge in [0.1, 0.15) is 0 Å². The van der Waals surface area contributed by atoms with Crippen molar-refractivity contribution in [2.24, 2.45) is 5.92 Å². The lowest BCUT2D eigenvalue weighted by atomic mass is 10.0. The number of nitrogens with zero attached hydrogens (tertiary/aromatic N) is 2. The molecule has 1 aromatic rings. The van der Waals surface area contributed by atoms with Crippen LogP contribution in [0.2, 0.25) is 5.15 Å². The first-order valence-electron chi connectivity index (χ1n) is 5.26. The van der Waals surface area contributed by atoms with E-state index in [0.29, 0.717) is 24.2 Å². The minimum atomic E-state index is -0.211. The van der Waals surface area contributed by atoms with Crippen molar-refractivity contribution in [3.8, 4) is 0 Å². The Morgan fingerprint density at radius 1 is 1.47 bits per heavy atom. The predicted octanol–water partition coefficient (Wildman–Crippen LogP) is 0.303. The molecule has 1 fully saturated rings. The number of amides is 1. The van der Waals surface area contributed by atoms with Crippen LogP contribution in [-0.4, -0.2) is 42.4 Å². The molecule has 2 N–H and O–H groups in total. The van der Waals surface area contributed by atoms with Gasteiger partial charge < -0.3 is 15.4 Å². The van der Waals surface area contributed by atoms with Crippen LogP contribution in [0.25, 0.3) is 0 Å². The summed E-state index contributed by atoms with van der Waals surface area (Å²) in [5, 5.41) is 13.4. The highest BCUT2D eigenvalue weighted by Crippen LogP contribution is 2.15. The van der Waals surface area contributed by atoms with E-state index in [4.69, 9.17) is 16.3 Å². The lowest BCUT2D eigenvalue weighted by molar-refractivity contribution is -0.120.